The molecule has 0 saturated carbocycles. The summed E-state index contributed by atoms with van der Waals surface area (Å²) < 4.78 is 5.43. The minimum absolute atomic E-state index is 0.00301. The highest BCUT2D eigenvalue weighted by molar-refractivity contribution is 6.29. The molecule has 6 nitrogen and oxygen atoms in total. The molecule has 0 unspecified atom stereocenters. The third-order valence-corrected chi connectivity index (χ3v) is 5.88. The van der Waals surface area contributed by atoms with Crippen molar-refractivity contribution in [3.63, 3.8) is 0 Å². The van der Waals surface area contributed by atoms with Crippen LogP contribution in [0.3, 0.4) is 0 Å². The molecule has 1 aliphatic heterocycles. The summed E-state index contributed by atoms with van der Waals surface area (Å²) >= 11 is 5.77. The Balaban J connectivity index is 1.34. The van der Waals surface area contributed by atoms with Gasteiger partial charge in [-0.25, -0.2) is 4.98 Å². The molecule has 0 bridgehead atoms. The van der Waals surface area contributed by atoms with Gasteiger partial charge in [0.1, 0.15) is 10.9 Å². The maximum absolute atomic E-state index is 12.9. The lowest BCUT2D eigenvalue weighted by molar-refractivity contribution is 0.0698. The SMILES string of the molecule is COc1ccccc1-c1ccc(C(=O)N2CCC(NC(=O)c3ccc(Cl)nc3)CC2)cc1. The second kappa shape index (κ2) is 9.83. The normalized spacial score (nSPS) is 14.1. The van der Waals surface area contributed by atoms with Gasteiger partial charge in [0.15, 0.2) is 0 Å². The van der Waals surface area contributed by atoms with Crippen molar-refractivity contribution < 1.29 is 14.3 Å². The van der Waals surface area contributed by atoms with E-state index >= 15 is 0 Å². The standard InChI is InChI=1S/C25H24ClN3O3/c1-32-22-5-3-2-4-21(22)17-6-8-18(9-7-17)25(31)29-14-12-20(13-15-29)28-24(30)19-10-11-23(26)27-16-19/h2-11,16,20H,12-15H2,1H3,(H,28,30). The number of carbonyl (C=O) groups is 2. The number of pyridine rings is 1. The van der Waals surface area contributed by atoms with Crippen molar-refractivity contribution in [1.82, 2.24) is 15.2 Å². The lowest BCUT2D eigenvalue weighted by Gasteiger charge is -2.32. The Morgan fingerprint density at radius 3 is 2.34 bits per heavy atom. The van der Waals surface area contributed by atoms with Crippen LogP contribution in [0.15, 0.2) is 66.9 Å². The number of nitrogens with zero attached hydrogens (tertiary/aromatic N) is 2. The maximum Gasteiger partial charge on any atom is 0.253 e. The van der Waals surface area contributed by atoms with Crippen LogP contribution in [0.1, 0.15) is 33.6 Å². The number of aromatic nitrogens is 1. The molecule has 2 amide bonds. The summed E-state index contributed by atoms with van der Waals surface area (Å²) in [5.41, 5.74) is 3.11. The molecule has 0 radical (unpaired) electrons. The number of para-hydroxylation sites is 1. The summed E-state index contributed by atoms with van der Waals surface area (Å²) in [7, 11) is 1.65. The van der Waals surface area contributed by atoms with Gasteiger partial charge in [0.05, 0.1) is 12.7 Å². The highest BCUT2D eigenvalue weighted by Gasteiger charge is 2.25. The van der Waals surface area contributed by atoms with Crippen molar-refractivity contribution in [2.75, 3.05) is 20.2 Å². The number of nitrogens with one attached hydrogen (secondary N) is 1. The summed E-state index contributed by atoms with van der Waals surface area (Å²) in [6.45, 7) is 1.19. The lowest BCUT2D eigenvalue weighted by atomic mass is 10.0. The first kappa shape index (κ1) is 21.8. The Morgan fingerprint density at radius 1 is 1.00 bits per heavy atom. The molecular formula is C25H24ClN3O3. The lowest BCUT2D eigenvalue weighted by Crippen LogP contribution is -2.46. The summed E-state index contributed by atoms with van der Waals surface area (Å²) in [4.78, 5) is 31.1. The van der Waals surface area contributed by atoms with Gasteiger partial charge in [0.2, 0.25) is 0 Å². The maximum atomic E-state index is 12.9. The Bertz CT molecular complexity index is 1090. The molecule has 4 rings (SSSR count). The van der Waals surface area contributed by atoms with Crippen LogP contribution >= 0.6 is 11.6 Å². The number of hydrogen-bond acceptors (Lipinski definition) is 4. The molecule has 1 fully saturated rings. The highest BCUT2D eigenvalue weighted by atomic mass is 35.5. The van der Waals surface area contributed by atoms with Gasteiger partial charge in [-0.05, 0) is 48.7 Å². The Morgan fingerprint density at radius 2 is 1.69 bits per heavy atom. The molecule has 164 valence electrons. The smallest absolute Gasteiger partial charge is 0.253 e. The molecular weight excluding hydrogens is 426 g/mol. The topological polar surface area (TPSA) is 71.5 Å². The zero-order valence-electron chi connectivity index (χ0n) is 17.8. The fraction of sp³-hybridized carbons (Fsp3) is 0.240. The van der Waals surface area contributed by atoms with E-state index in [9.17, 15) is 9.59 Å². The average Bonchev–Trinajstić information content (AvgIpc) is 2.84. The van der Waals surface area contributed by atoms with Gasteiger partial charge in [-0.2, -0.15) is 0 Å². The zero-order chi connectivity index (χ0) is 22.5. The van der Waals surface area contributed by atoms with Gasteiger partial charge in [0, 0.05) is 36.5 Å². The molecule has 2 heterocycles. The highest BCUT2D eigenvalue weighted by Crippen LogP contribution is 2.29. The predicted octanol–water partition coefficient (Wildman–Crippen LogP) is 4.45. The largest absolute Gasteiger partial charge is 0.496 e. The third-order valence-electron chi connectivity index (χ3n) is 5.66. The van der Waals surface area contributed by atoms with Crippen LogP contribution in [0.5, 0.6) is 5.75 Å². The number of piperidine rings is 1. The number of methoxy groups -OCH3 is 1. The van der Waals surface area contributed by atoms with E-state index in [1.54, 1.807) is 19.2 Å². The molecule has 1 saturated heterocycles. The van der Waals surface area contributed by atoms with Crippen LogP contribution in [0.2, 0.25) is 5.15 Å². The number of benzene rings is 2. The fourth-order valence-corrected chi connectivity index (χ4v) is 3.98. The number of halogens is 1. The molecule has 32 heavy (non-hydrogen) atoms. The molecule has 0 atom stereocenters. The van der Waals surface area contributed by atoms with Crippen molar-refractivity contribution >= 4 is 23.4 Å². The molecule has 1 N–H and O–H groups in total. The Kier molecular flexibility index (Phi) is 6.71. The van der Waals surface area contributed by atoms with Crippen molar-refractivity contribution in [3.05, 3.63) is 83.1 Å². The minimum atomic E-state index is -0.175. The van der Waals surface area contributed by atoms with Crippen molar-refractivity contribution in [3.8, 4) is 16.9 Å². The number of ether oxygens (including phenoxy) is 1. The summed E-state index contributed by atoms with van der Waals surface area (Å²) in [5.74, 6) is 0.624. The Hall–Kier alpha value is -3.38. The van der Waals surface area contributed by atoms with Gasteiger partial charge in [-0.3, -0.25) is 9.59 Å². The van der Waals surface area contributed by atoms with E-state index in [1.165, 1.54) is 6.20 Å². The molecule has 0 spiro atoms. The summed E-state index contributed by atoms with van der Waals surface area (Å²) in [5, 5.41) is 3.37. The first-order valence-corrected chi connectivity index (χ1v) is 10.9. The zero-order valence-corrected chi connectivity index (χ0v) is 18.5. The van der Waals surface area contributed by atoms with Gasteiger partial charge in [0.25, 0.3) is 11.8 Å². The van der Waals surface area contributed by atoms with E-state index in [2.05, 4.69) is 10.3 Å². The quantitative estimate of drug-likeness (QED) is 0.584. The number of hydrogen-bond donors (Lipinski definition) is 1. The minimum Gasteiger partial charge on any atom is -0.496 e. The van der Waals surface area contributed by atoms with Crippen LogP contribution in [0, 0.1) is 0 Å². The Labute approximate surface area is 192 Å². The number of amides is 2. The molecule has 1 aromatic heterocycles. The van der Waals surface area contributed by atoms with Crippen LogP contribution in [0.25, 0.3) is 11.1 Å². The van der Waals surface area contributed by atoms with Gasteiger partial charge >= 0.3 is 0 Å². The predicted molar refractivity (Wildman–Crippen MR) is 124 cm³/mol. The van der Waals surface area contributed by atoms with Gasteiger partial charge in [-0.15, -0.1) is 0 Å². The fourth-order valence-electron chi connectivity index (χ4n) is 3.86. The van der Waals surface area contributed by atoms with Crippen LogP contribution < -0.4 is 10.1 Å². The molecule has 3 aromatic rings. The van der Waals surface area contributed by atoms with E-state index in [0.29, 0.717) is 42.2 Å². The molecule has 0 aliphatic carbocycles. The van der Waals surface area contributed by atoms with Crippen molar-refractivity contribution in [2.24, 2.45) is 0 Å². The molecule has 2 aromatic carbocycles. The second-order valence-corrected chi connectivity index (χ2v) is 8.07. The number of carbonyl (C=O) groups excluding carboxylic acids is 2. The molecule has 7 heteroatoms. The number of rotatable bonds is 5. The van der Waals surface area contributed by atoms with E-state index in [0.717, 1.165) is 16.9 Å². The van der Waals surface area contributed by atoms with E-state index in [-0.39, 0.29) is 17.9 Å². The van der Waals surface area contributed by atoms with E-state index in [1.807, 2.05) is 53.4 Å². The molecule has 1 aliphatic rings. The second-order valence-electron chi connectivity index (χ2n) is 7.69. The monoisotopic (exact) mass is 449 g/mol. The van der Waals surface area contributed by atoms with Crippen molar-refractivity contribution in [1.29, 1.82) is 0 Å². The third kappa shape index (κ3) is 4.92. The summed E-state index contributed by atoms with van der Waals surface area (Å²) in [6.07, 6.45) is 2.88. The first-order chi connectivity index (χ1) is 15.5. The van der Waals surface area contributed by atoms with Gasteiger partial charge in [-0.1, -0.05) is 41.9 Å². The summed E-state index contributed by atoms with van der Waals surface area (Å²) in [6, 6.07) is 18.7. The van der Waals surface area contributed by atoms with Crippen LogP contribution in [-0.2, 0) is 0 Å². The number of likely N-dealkylation sites (tertiary alicyclic amines) is 1. The van der Waals surface area contributed by atoms with E-state index < -0.39 is 0 Å². The van der Waals surface area contributed by atoms with Crippen molar-refractivity contribution in [2.45, 2.75) is 18.9 Å². The average molecular weight is 450 g/mol. The van der Waals surface area contributed by atoms with E-state index in [4.69, 9.17) is 16.3 Å². The van der Waals surface area contributed by atoms with Crippen LogP contribution in [-0.4, -0.2) is 47.9 Å². The van der Waals surface area contributed by atoms with Crippen LogP contribution in [0.4, 0.5) is 0 Å². The first-order valence-electron chi connectivity index (χ1n) is 10.5. The van der Waals surface area contributed by atoms with Gasteiger partial charge < -0.3 is 15.0 Å².